The first-order chi connectivity index (χ1) is 8.79. The lowest BCUT2D eigenvalue weighted by Crippen LogP contribution is -2.14. The topological polar surface area (TPSA) is 98.0 Å². The van der Waals surface area contributed by atoms with Gasteiger partial charge in [0.2, 0.25) is 5.13 Å². The Kier molecular flexibility index (Phi) is 3.74. The Labute approximate surface area is 121 Å². The van der Waals surface area contributed by atoms with Crippen molar-refractivity contribution in [2.75, 3.05) is 10.5 Å². The quantitative estimate of drug-likeness (QED) is 0.810. The monoisotopic (exact) mass is 366 g/mol. The van der Waals surface area contributed by atoms with Crippen LogP contribution in [0.5, 0.6) is 0 Å². The number of sulfonamides is 1. The highest BCUT2D eigenvalue weighted by Crippen LogP contribution is 2.28. The van der Waals surface area contributed by atoms with E-state index in [0.717, 1.165) is 23.7 Å². The maximum atomic E-state index is 13.2. The molecule has 1 heterocycles. The Hall–Kier alpha value is -1.26. The number of rotatable bonds is 3. The molecule has 6 nitrogen and oxygen atoms in total. The van der Waals surface area contributed by atoms with Gasteiger partial charge in [0.1, 0.15) is 16.5 Å². The second-order valence-corrected chi connectivity index (χ2v) is 6.81. The Morgan fingerprint density at radius 1 is 1.47 bits per heavy atom. The molecule has 19 heavy (non-hydrogen) atoms. The number of hydrogen-bond donors (Lipinski definition) is 2. The standard InChI is InChI=1S/C9H8BrFN4O2S2/c1-4-13-9(18-14-4)15-19(16,17)8-3-7(12)6(11)2-5(8)10/h2-3H,12H2,1H3,(H,13,14,15). The van der Waals surface area contributed by atoms with Crippen LogP contribution in [-0.2, 0) is 10.0 Å². The van der Waals surface area contributed by atoms with Gasteiger partial charge in [0.15, 0.2) is 0 Å². The van der Waals surface area contributed by atoms with Crippen molar-refractivity contribution in [1.29, 1.82) is 0 Å². The van der Waals surface area contributed by atoms with Gasteiger partial charge in [-0.3, -0.25) is 4.72 Å². The van der Waals surface area contributed by atoms with E-state index in [1.807, 2.05) is 0 Å². The third-order valence-electron chi connectivity index (χ3n) is 2.09. The summed E-state index contributed by atoms with van der Waals surface area (Å²) < 4.78 is 43.6. The highest BCUT2D eigenvalue weighted by Gasteiger charge is 2.21. The molecule has 1 aromatic carbocycles. The number of nitrogens with zero attached hydrogens (tertiary/aromatic N) is 2. The maximum Gasteiger partial charge on any atom is 0.264 e. The summed E-state index contributed by atoms with van der Waals surface area (Å²) in [6.07, 6.45) is 0. The van der Waals surface area contributed by atoms with Crippen molar-refractivity contribution in [3.63, 3.8) is 0 Å². The molecule has 0 bridgehead atoms. The summed E-state index contributed by atoms with van der Waals surface area (Å²) in [6.45, 7) is 1.64. The van der Waals surface area contributed by atoms with E-state index in [1.54, 1.807) is 6.92 Å². The predicted octanol–water partition coefficient (Wildman–Crippen LogP) is 2.13. The van der Waals surface area contributed by atoms with Crippen LogP contribution >= 0.6 is 27.5 Å². The molecule has 0 atom stereocenters. The van der Waals surface area contributed by atoms with Crippen LogP contribution in [0.25, 0.3) is 0 Å². The van der Waals surface area contributed by atoms with Gasteiger partial charge in [-0.2, -0.15) is 4.37 Å². The molecule has 0 spiro atoms. The molecule has 10 heteroatoms. The van der Waals surface area contributed by atoms with Crippen LogP contribution in [0.2, 0.25) is 0 Å². The van der Waals surface area contributed by atoms with Gasteiger partial charge < -0.3 is 5.73 Å². The molecular formula is C9H8BrFN4O2S2. The van der Waals surface area contributed by atoms with Crippen LogP contribution in [0.1, 0.15) is 5.82 Å². The summed E-state index contributed by atoms with van der Waals surface area (Å²) in [5.41, 5.74) is 5.12. The smallest absolute Gasteiger partial charge is 0.264 e. The SMILES string of the molecule is Cc1nsc(NS(=O)(=O)c2cc(N)c(F)cc2Br)n1. The third kappa shape index (κ3) is 3.01. The molecule has 0 saturated heterocycles. The zero-order valence-electron chi connectivity index (χ0n) is 9.52. The van der Waals surface area contributed by atoms with Gasteiger partial charge in [-0.15, -0.1) is 0 Å². The second kappa shape index (κ2) is 5.02. The Morgan fingerprint density at radius 2 is 2.16 bits per heavy atom. The van der Waals surface area contributed by atoms with Gasteiger partial charge >= 0.3 is 0 Å². The molecule has 0 unspecified atom stereocenters. The van der Waals surface area contributed by atoms with E-state index < -0.39 is 15.8 Å². The molecule has 102 valence electrons. The lowest BCUT2D eigenvalue weighted by atomic mass is 10.3. The first-order valence-corrected chi connectivity index (χ1v) is 7.92. The normalized spacial score (nSPS) is 11.5. The summed E-state index contributed by atoms with van der Waals surface area (Å²) in [5, 5.41) is 0.132. The number of nitrogens with two attached hydrogens (primary N) is 1. The van der Waals surface area contributed by atoms with E-state index in [2.05, 4.69) is 30.0 Å². The van der Waals surface area contributed by atoms with Crippen molar-refractivity contribution in [1.82, 2.24) is 9.36 Å². The summed E-state index contributed by atoms with van der Waals surface area (Å²) >= 11 is 3.90. The predicted molar refractivity (Wildman–Crippen MR) is 74.0 cm³/mol. The number of nitrogens with one attached hydrogen (secondary N) is 1. The van der Waals surface area contributed by atoms with Crippen LogP contribution < -0.4 is 10.5 Å². The Balaban J connectivity index is 2.42. The minimum absolute atomic E-state index is 0.0768. The molecule has 2 aromatic rings. The minimum Gasteiger partial charge on any atom is -0.396 e. The summed E-state index contributed by atoms with van der Waals surface area (Å²) in [6, 6.07) is 2.03. The maximum absolute atomic E-state index is 13.2. The number of aromatic nitrogens is 2. The molecule has 1 aromatic heterocycles. The van der Waals surface area contributed by atoms with Crippen molar-refractivity contribution in [3.8, 4) is 0 Å². The molecule has 0 amide bonds. The molecule has 0 aliphatic carbocycles. The van der Waals surface area contributed by atoms with Crippen molar-refractivity contribution in [2.24, 2.45) is 0 Å². The third-order valence-corrected chi connectivity index (χ3v) is 5.24. The van der Waals surface area contributed by atoms with Crippen LogP contribution in [0.4, 0.5) is 15.2 Å². The Morgan fingerprint density at radius 3 is 2.74 bits per heavy atom. The van der Waals surface area contributed by atoms with E-state index in [0.29, 0.717) is 5.82 Å². The van der Waals surface area contributed by atoms with Gasteiger partial charge in [-0.25, -0.2) is 17.8 Å². The van der Waals surface area contributed by atoms with Crippen molar-refractivity contribution < 1.29 is 12.8 Å². The van der Waals surface area contributed by atoms with Crippen molar-refractivity contribution >= 4 is 48.3 Å². The summed E-state index contributed by atoms with van der Waals surface area (Å²) in [4.78, 5) is 3.72. The molecule has 3 N–H and O–H groups in total. The molecule has 0 radical (unpaired) electrons. The van der Waals surface area contributed by atoms with Crippen LogP contribution in [-0.4, -0.2) is 17.8 Å². The second-order valence-electron chi connectivity index (χ2n) is 3.56. The molecule has 0 saturated carbocycles. The fourth-order valence-electron chi connectivity index (χ4n) is 1.26. The number of aryl methyl sites for hydroxylation is 1. The average molecular weight is 367 g/mol. The van der Waals surface area contributed by atoms with E-state index in [9.17, 15) is 12.8 Å². The average Bonchev–Trinajstić information content (AvgIpc) is 2.68. The molecular weight excluding hydrogens is 359 g/mol. The van der Waals surface area contributed by atoms with Gasteiger partial charge in [0.25, 0.3) is 10.0 Å². The van der Waals surface area contributed by atoms with Crippen LogP contribution in [0, 0.1) is 12.7 Å². The van der Waals surface area contributed by atoms with Gasteiger partial charge in [-0.1, -0.05) is 0 Å². The van der Waals surface area contributed by atoms with Crippen molar-refractivity contribution in [3.05, 3.63) is 28.2 Å². The summed E-state index contributed by atoms with van der Waals surface area (Å²) in [5.74, 6) is -0.238. The highest BCUT2D eigenvalue weighted by atomic mass is 79.9. The number of anilines is 2. The molecule has 0 fully saturated rings. The number of benzene rings is 1. The number of nitrogen functional groups attached to an aromatic ring is 1. The number of halogens is 2. The first kappa shape index (κ1) is 14.2. The fraction of sp³-hybridized carbons (Fsp3) is 0.111. The largest absolute Gasteiger partial charge is 0.396 e. The zero-order chi connectivity index (χ0) is 14.2. The van der Waals surface area contributed by atoms with Gasteiger partial charge in [-0.05, 0) is 35.0 Å². The Bertz CT molecular complexity index is 732. The fourth-order valence-corrected chi connectivity index (χ4v) is 4.11. The van der Waals surface area contributed by atoms with Crippen LogP contribution in [0.15, 0.2) is 21.5 Å². The first-order valence-electron chi connectivity index (χ1n) is 4.87. The van der Waals surface area contributed by atoms with E-state index in [-0.39, 0.29) is 20.2 Å². The lowest BCUT2D eigenvalue weighted by Gasteiger charge is -2.08. The van der Waals surface area contributed by atoms with Crippen molar-refractivity contribution in [2.45, 2.75) is 11.8 Å². The highest BCUT2D eigenvalue weighted by molar-refractivity contribution is 9.10. The van der Waals surface area contributed by atoms with Gasteiger partial charge in [0, 0.05) is 16.0 Å². The molecule has 0 aliphatic heterocycles. The molecule has 0 aliphatic rings. The molecule has 2 rings (SSSR count). The lowest BCUT2D eigenvalue weighted by molar-refractivity contribution is 0.599. The van der Waals surface area contributed by atoms with Crippen LogP contribution in [0.3, 0.4) is 0 Å². The van der Waals surface area contributed by atoms with E-state index in [4.69, 9.17) is 5.73 Å². The minimum atomic E-state index is -3.91. The van der Waals surface area contributed by atoms with E-state index in [1.165, 1.54) is 0 Å². The summed E-state index contributed by atoms with van der Waals surface area (Å²) in [7, 11) is -3.91. The number of hydrogen-bond acceptors (Lipinski definition) is 6. The van der Waals surface area contributed by atoms with Gasteiger partial charge in [0.05, 0.1) is 5.69 Å². The van der Waals surface area contributed by atoms with E-state index >= 15 is 0 Å². The zero-order valence-corrected chi connectivity index (χ0v) is 12.7.